The number of benzene rings is 1. The Morgan fingerprint density at radius 1 is 1.20 bits per heavy atom. The second kappa shape index (κ2) is 7.13. The number of hydrogen-bond donors (Lipinski definition) is 0. The van der Waals surface area contributed by atoms with E-state index in [2.05, 4.69) is 14.8 Å². The third kappa shape index (κ3) is 4.19. The minimum atomic E-state index is -4.31. The molecule has 0 unspecified atom stereocenters. The van der Waals surface area contributed by atoms with Crippen molar-refractivity contribution in [2.45, 2.75) is 39.2 Å². The minimum Gasteiger partial charge on any atom is -0.379 e. The molecule has 0 spiro atoms. The SMILES string of the molecule is Cc1cc(CN(C)Cc2nnc3n2CCOCC3)ccc1C(F)(F)F. The number of aromatic nitrogens is 3. The summed E-state index contributed by atoms with van der Waals surface area (Å²) in [6.07, 6.45) is -3.56. The van der Waals surface area contributed by atoms with Gasteiger partial charge in [-0.15, -0.1) is 10.2 Å². The lowest BCUT2D eigenvalue weighted by Crippen LogP contribution is -2.21. The summed E-state index contributed by atoms with van der Waals surface area (Å²) >= 11 is 0. The molecule has 25 heavy (non-hydrogen) atoms. The first-order valence-corrected chi connectivity index (χ1v) is 8.18. The predicted molar refractivity (Wildman–Crippen MR) is 85.9 cm³/mol. The Kier molecular flexibility index (Phi) is 5.10. The van der Waals surface area contributed by atoms with Crippen LogP contribution in [0.15, 0.2) is 18.2 Å². The molecule has 1 aliphatic heterocycles. The first-order valence-electron chi connectivity index (χ1n) is 8.18. The van der Waals surface area contributed by atoms with E-state index in [4.69, 9.17) is 4.74 Å². The Morgan fingerprint density at radius 2 is 2.00 bits per heavy atom. The molecule has 1 aliphatic rings. The monoisotopic (exact) mass is 354 g/mol. The van der Waals surface area contributed by atoms with Gasteiger partial charge in [-0.3, -0.25) is 4.90 Å². The van der Waals surface area contributed by atoms with Crippen LogP contribution >= 0.6 is 0 Å². The van der Waals surface area contributed by atoms with E-state index in [0.717, 1.165) is 36.2 Å². The number of alkyl halides is 3. The summed E-state index contributed by atoms with van der Waals surface area (Å²) in [5.41, 5.74) is 0.500. The molecule has 0 saturated carbocycles. The standard InChI is InChI=1S/C17H21F3N4O/c1-12-9-13(3-4-14(12)17(18,19)20)10-23(2)11-16-22-21-15-5-7-25-8-6-24(15)16/h3-4,9H,5-8,10-11H2,1-2H3. The van der Waals surface area contributed by atoms with Crippen LogP contribution in [0.1, 0.15) is 28.3 Å². The molecule has 0 radical (unpaired) electrons. The fourth-order valence-corrected chi connectivity index (χ4v) is 3.10. The molecule has 0 fully saturated rings. The molecule has 0 N–H and O–H groups in total. The second-order valence-electron chi connectivity index (χ2n) is 6.37. The maximum Gasteiger partial charge on any atom is 0.416 e. The summed E-state index contributed by atoms with van der Waals surface area (Å²) in [7, 11) is 1.92. The van der Waals surface area contributed by atoms with Gasteiger partial charge in [0, 0.05) is 19.5 Å². The lowest BCUT2D eigenvalue weighted by atomic mass is 10.0. The van der Waals surface area contributed by atoms with E-state index < -0.39 is 11.7 Å². The maximum absolute atomic E-state index is 12.8. The van der Waals surface area contributed by atoms with E-state index in [9.17, 15) is 13.2 Å². The zero-order valence-electron chi connectivity index (χ0n) is 14.3. The normalized spacial score (nSPS) is 15.3. The van der Waals surface area contributed by atoms with E-state index >= 15 is 0 Å². The van der Waals surface area contributed by atoms with Crippen LogP contribution in [0.3, 0.4) is 0 Å². The van der Waals surface area contributed by atoms with Gasteiger partial charge in [0.2, 0.25) is 0 Å². The Morgan fingerprint density at radius 3 is 2.72 bits per heavy atom. The van der Waals surface area contributed by atoms with Gasteiger partial charge in [0.1, 0.15) is 11.6 Å². The number of ether oxygens (including phenoxy) is 1. The van der Waals surface area contributed by atoms with Crippen LogP contribution in [0.4, 0.5) is 13.2 Å². The third-order valence-corrected chi connectivity index (χ3v) is 4.29. The smallest absolute Gasteiger partial charge is 0.379 e. The van der Waals surface area contributed by atoms with Gasteiger partial charge >= 0.3 is 6.18 Å². The van der Waals surface area contributed by atoms with Crippen LogP contribution < -0.4 is 0 Å². The topological polar surface area (TPSA) is 43.2 Å². The molecular formula is C17H21F3N4O. The summed E-state index contributed by atoms with van der Waals surface area (Å²) < 4.78 is 46.1. The largest absolute Gasteiger partial charge is 0.416 e. The summed E-state index contributed by atoms with van der Waals surface area (Å²) in [6.45, 7) is 4.62. The quantitative estimate of drug-likeness (QED) is 0.847. The highest BCUT2D eigenvalue weighted by Gasteiger charge is 2.32. The van der Waals surface area contributed by atoms with Gasteiger partial charge in [-0.2, -0.15) is 13.2 Å². The molecule has 3 rings (SSSR count). The average molecular weight is 354 g/mol. The molecule has 2 aromatic rings. The fourth-order valence-electron chi connectivity index (χ4n) is 3.10. The molecule has 5 nitrogen and oxygen atoms in total. The molecule has 0 amide bonds. The number of hydrogen-bond acceptors (Lipinski definition) is 4. The Labute approximate surface area is 144 Å². The number of halogens is 3. The van der Waals surface area contributed by atoms with Crippen molar-refractivity contribution < 1.29 is 17.9 Å². The van der Waals surface area contributed by atoms with Crippen molar-refractivity contribution in [3.05, 3.63) is 46.5 Å². The molecule has 0 saturated heterocycles. The highest BCUT2D eigenvalue weighted by molar-refractivity contribution is 5.33. The molecule has 136 valence electrons. The fraction of sp³-hybridized carbons (Fsp3) is 0.529. The minimum absolute atomic E-state index is 0.242. The van der Waals surface area contributed by atoms with Crippen LogP contribution in [0.5, 0.6) is 0 Å². The van der Waals surface area contributed by atoms with Crippen molar-refractivity contribution in [2.24, 2.45) is 0 Å². The van der Waals surface area contributed by atoms with Crippen molar-refractivity contribution in [3.8, 4) is 0 Å². The molecule has 0 atom stereocenters. The molecule has 2 heterocycles. The van der Waals surface area contributed by atoms with Crippen LogP contribution in [-0.2, 0) is 37.0 Å². The van der Waals surface area contributed by atoms with Crippen molar-refractivity contribution in [1.29, 1.82) is 0 Å². The molecule has 0 bridgehead atoms. The molecule has 1 aromatic carbocycles. The van der Waals surface area contributed by atoms with Crippen LogP contribution in [0.25, 0.3) is 0 Å². The number of nitrogens with zero attached hydrogens (tertiary/aromatic N) is 4. The number of rotatable bonds is 4. The van der Waals surface area contributed by atoms with E-state index in [1.54, 1.807) is 6.07 Å². The Hall–Kier alpha value is -1.93. The highest BCUT2D eigenvalue weighted by Crippen LogP contribution is 2.32. The van der Waals surface area contributed by atoms with Gasteiger partial charge in [0.05, 0.1) is 25.3 Å². The second-order valence-corrected chi connectivity index (χ2v) is 6.37. The maximum atomic E-state index is 12.8. The zero-order chi connectivity index (χ0) is 18.0. The Bertz CT molecular complexity index is 742. The van der Waals surface area contributed by atoms with Crippen molar-refractivity contribution >= 4 is 0 Å². The summed E-state index contributed by atoms with van der Waals surface area (Å²) in [4.78, 5) is 2.02. The van der Waals surface area contributed by atoms with Crippen LogP contribution in [0.2, 0.25) is 0 Å². The molecule has 0 aliphatic carbocycles. The van der Waals surface area contributed by atoms with Crippen molar-refractivity contribution in [3.63, 3.8) is 0 Å². The molecule has 1 aromatic heterocycles. The first-order chi connectivity index (χ1) is 11.8. The lowest BCUT2D eigenvalue weighted by Gasteiger charge is -2.18. The van der Waals surface area contributed by atoms with E-state index in [1.165, 1.54) is 13.0 Å². The van der Waals surface area contributed by atoms with Gasteiger partial charge in [0.25, 0.3) is 0 Å². The van der Waals surface area contributed by atoms with Crippen LogP contribution in [-0.4, -0.2) is 39.9 Å². The first kappa shape index (κ1) is 17.9. The van der Waals surface area contributed by atoms with Gasteiger partial charge in [0.15, 0.2) is 0 Å². The van der Waals surface area contributed by atoms with E-state index in [1.807, 2.05) is 11.9 Å². The van der Waals surface area contributed by atoms with E-state index in [0.29, 0.717) is 26.3 Å². The molecular weight excluding hydrogens is 333 g/mol. The van der Waals surface area contributed by atoms with Gasteiger partial charge in [-0.05, 0) is 31.2 Å². The summed E-state index contributed by atoms with van der Waals surface area (Å²) in [6, 6.07) is 4.28. The van der Waals surface area contributed by atoms with Crippen molar-refractivity contribution in [1.82, 2.24) is 19.7 Å². The third-order valence-electron chi connectivity index (χ3n) is 4.29. The van der Waals surface area contributed by atoms with Gasteiger partial charge in [-0.25, -0.2) is 0 Å². The summed E-state index contributed by atoms with van der Waals surface area (Å²) in [5, 5.41) is 8.46. The summed E-state index contributed by atoms with van der Waals surface area (Å²) in [5.74, 6) is 1.78. The van der Waals surface area contributed by atoms with Crippen LogP contribution in [0, 0.1) is 6.92 Å². The Balaban J connectivity index is 1.68. The predicted octanol–water partition coefficient (Wildman–Crippen LogP) is 2.81. The van der Waals surface area contributed by atoms with Gasteiger partial charge in [-0.1, -0.05) is 12.1 Å². The lowest BCUT2D eigenvalue weighted by molar-refractivity contribution is -0.138. The van der Waals surface area contributed by atoms with E-state index in [-0.39, 0.29) is 5.56 Å². The number of aryl methyl sites for hydroxylation is 1. The van der Waals surface area contributed by atoms with Gasteiger partial charge < -0.3 is 9.30 Å². The highest BCUT2D eigenvalue weighted by atomic mass is 19.4. The average Bonchev–Trinajstić information content (AvgIpc) is 2.74. The zero-order valence-corrected chi connectivity index (χ0v) is 14.3. The van der Waals surface area contributed by atoms with Crippen molar-refractivity contribution in [2.75, 3.05) is 20.3 Å². The molecule has 8 heteroatoms. The number of fused-ring (bicyclic) bond motifs is 1.